The lowest BCUT2D eigenvalue weighted by Crippen LogP contribution is -2.21. The van der Waals surface area contributed by atoms with Gasteiger partial charge in [-0.15, -0.1) is 0 Å². The Bertz CT molecular complexity index is 511. The van der Waals surface area contributed by atoms with E-state index in [0.29, 0.717) is 0 Å². The number of rotatable bonds is 5. The topological polar surface area (TPSA) is 47.7 Å². The van der Waals surface area contributed by atoms with Crippen molar-refractivity contribution in [1.82, 2.24) is 24.9 Å². The fourth-order valence-electron chi connectivity index (χ4n) is 2.21. The molecule has 1 atom stereocenters. The highest BCUT2D eigenvalue weighted by Crippen LogP contribution is 2.18. The summed E-state index contributed by atoms with van der Waals surface area (Å²) in [6.07, 6.45) is 5.87. The molecule has 2 rings (SSSR count). The molecule has 2 aromatic rings. The second-order valence-corrected chi connectivity index (χ2v) is 4.61. The van der Waals surface area contributed by atoms with E-state index in [1.165, 1.54) is 11.3 Å². The van der Waals surface area contributed by atoms with E-state index in [4.69, 9.17) is 0 Å². The summed E-state index contributed by atoms with van der Waals surface area (Å²) in [5, 5.41) is 12.1. The Hall–Kier alpha value is -1.62. The molecule has 0 aliphatic carbocycles. The summed E-state index contributed by atoms with van der Waals surface area (Å²) in [5.74, 6) is 0. The van der Waals surface area contributed by atoms with Gasteiger partial charge in [0.2, 0.25) is 0 Å². The van der Waals surface area contributed by atoms with Crippen LogP contribution in [-0.4, -0.2) is 26.6 Å². The summed E-state index contributed by atoms with van der Waals surface area (Å²) in [6, 6.07) is 2.45. The Morgan fingerprint density at radius 2 is 2.17 bits per heavy atom. The quantitative estimate of drug-likeness (QED) is 0.864. The number of hydrogen-bond acceptors (Lipinski definition) is 3. The van der Waals surface area contributed by atoms with E-state index in [1.54, 1.807) is 0 Å². The number of nitrogens with one attached hydrogen (secondary N) is 1. The normalized spacial score (nSPS) is 12.9. The minimum atomic E-state index is 0.270. The Morgan fingerprint density at radius 1 is 1.39 bits per heavy atom. The van der Waals surface area contributed by atoms with Crippen molar-refractivity contribution in [3.05, 3.63) is 35.4 Å². The summed E-state index contributed by atoms with van der Waals surface area (Å²) in [5.41, 5.74) is 3.59. The molecule has 0 amide bonds. The van der Waals surface area contributed by atoms with Crippen LogP contribution in [0, 0.1) is 0 Å². The van der Waals surface area contributed by atoms with Crippen LogP contribution in [0.25, 0.3) is 0 Å². The first-order chi connectivity index (χ1) is 8.63. The van der Waals surface area contributed by atoms with Crippen LogP contribution < -0.4 is 5.32 Å². The zero-order chi connectivity index (χ0) is 13.1. The molecule has 0 fully saturated rings. The highest BCUT2D eigenvalue weighted by atomic mass is 15.3. The van der Waals surface area contributed by atoms with Gasteiger partial charge in [-0.05, 0) is 31.5 Å². The van der Waals surface area contributed by atoms with Gasteiger partial charge in [0.05, 0.1) is 23.6 Å². The molecule has 0 aromatic carbocycles. The first-order valence-corrected chi connectivity index (χ1v) is 6.31. The molecule has 2 aromatic heterocycles. The van der Waals surface area contributed by atoms with Gasteiger partial charge in [-0.25, -0.2) is 0 Å². The fourth-order valence-corrected chi connectivity index (χ4v) is 2.21. The molecule has 0 saturated carbocycles. The highest BCUT2D eigenvalue weighted by Gasteiger charge is 2.16. The third kappa shape index (κ3) is 2.61. The van der Waals surface area contributed by atoms with Gasteiger partial charge >= 0.3 is 0 Å². The molecular formula is C13H21N5. The number of aryl methyl sites for hydroxylation is 3. The SMILES string of the molecule is CCc1cc(C(Cc2cnn(C)c2)NC)n(C)n1. The van der Waals surface area contributed by atoms with Gasteiger partial charge in [-0.3, -0.25) is 9.36 Å². The molecule has 0 aliphatic heterocycles. The van der Waals surface area contributed by atoms with Crippen molar-refractivity contribution in [1.29, 1.82) is 0 Å². The van der Waals surface area contributed by atoms with E-state index in [1.807, 2.05) is 36.7 Å². The lowest BCUT2D eigenvalue weighted by atomic mass is 10.1. The molecule has 5 heteroatoms. The molecule has 2 heterocycles. The van der Waals surface area contributed by atoms with Gasteiger partial charge in [0.1, 0.15) is 0 Å². The fraction of sp³-hybridized carbons (Fsp3) is 0.538. The van der Waals surface area contributed by atoms with E-state index in [9.17, 15) is 0 Å². The second kappa shape index (κ2) is 5.35. The summed E-state index contributed by atoms with van der Waals surface area (Å²) in [4.78, 5) is 0. The molecule has 0 spiro atoms. The Labute approximate surface area is 108 Å². The van der Waals surface area contributed by atoms with Crippen molar-refractivity contribution in [3.8, 4) is 0 Å². The second-order valence-electron chi connectivity index (χ2n) is 4.61. The molecule has 98 valence electrons. The van der Waals surface area contributed by atoms with E-state index >= 15 is 0 Å². The molecular weight excluding hydrogens is 226 g/mol. The zero-order valence-corrected chi connectivity index (χ0v) is 11.5. The number of nitrogens with zero attached hydrogens (tertiary/aromatic N) is 4. The van der Waals surface area contributed by atoms with E-state index in [0.717, 1.165) is 18.5 Å². The van der Waals surface area contributed by atoms with Crippen molar-refractivity contribution >= 4 is 0 Å². The van der Waals surface area contributed by atoms with Crippen molar-refractivity contribution < 1.29 is 0 Å². The third-order valence-electron chi connectivity index (χ3n) is 3.23. The van der Waals surface area contributed by atoms with Crippen molar-refractivity contribution in [2.24, 2.45) is 14.1 Å². The Kier molecular flexibility index (Phi) is 3.81. The van der Waals surface area contributed by atoms with Crippen LogP contribution in [0.5, 0.6) is 0 Å². The van der Waals surface area contributed by atoms with Crippen molar-refractivity contribution in [2.75, 3.05) is 7.05 Å². The first-order valence-electron chi connectivity index (χ1n) is 6.31. The van der Waals surface area contributed by atoms with Crippen LogP contribution >= 0.6 is 0 Å². The van der Waals surface area contributed by atoms with Gasteiger partial charge in [-0.2, -0.15) is 10.2 Å². The number of aromatic nitrogens is 4. The van der Waals surface area contributed by atoms with Gasteiger partial charge in [0.25, 0.3) is 0 Å². The van der Waals surface area contributed by atoms with Crippen LogP contribution in [-0.2, 0) is 26.9 Å². The highest BCUT2D eigenvalue weighted by molar-refractivity contribution is 5.18. The van der Waals surface area contributed by atoms with E-state index < -0.39 is 0 Å². The minimum Gasteiger partial charge on any atom is -0.311 e. The maximum atomic E-state index is 4.50. The van der Waals surface area contributed by atoms with Crippen molar-refractivity contribution in [3.63, 3.8) is 0 Å². The number of likely N-dealkylation sites (N-methyl/N-ethyl adjacent to an activating group) is 1. The number of hydrogen-bond donors (Lipinski definition) is 1. The predicted molar refractivity (Wildman–Crippen MR) is 71.3 cm³/mol. The average Bonchev–Trinajstić information content (AvgIpc) is 2.92. The van der Waals surface area contributed by atoms with Crippen LogP contribution in [0.15, 0.2) is 18.5 Å². The maximum absolute atomic E-state index is 4.50. The Balaban J connectivity index is 2.19. The van der Waals surface area contributed by atoms with Gasteiger partial charge < -0.3 is 5.32 Å². The molecule has 0 aliphatic rings. The van der Waals surface area contributed by atoms with E-state index in [2.05, 4.69) is 34.7 Å². The predicted octanol–water partition coefficient (Wildman–Crippen LogP) is 1.22. The average molecular weight is 247 g/mol. The molecule has 0 bridgehead atoms. The molecule has 18 heavy (non-hydrogen) atoms. The molecule has 0 saturated heterocycles. The summed E-state index contributed by atoms with van der Waals surface area (Å²) in [6.45, 7) is 2.13. The smallest absolute Gasteiger partial charge is 0.0625 e. The maximum Gasteiger partial charge on any atom is 0.0625 e. The van der Waals surface area contributed by atoms with E-state index in [-0.39, 0.29) is 6.04 Å². The van der Waals surface area contributed by atoms with Gasteiger partial charge in [0.15, 0.2) is 0 Å². The summed E-state index contributed by atoms with van der Waals surface area (Å²) >= 11 is 0. The molecule has 0 radical (unpaired) electrons. The third-order valence-corrected chi connectivity index (χ3v) is 3.23. The van der Waals surface area contributed by atoms with Crippen LogP contribution in [0.1, 0.15) is 29.9 Å². The van der Waals surface area contributed by atoms with Gasteiger partial charge in [0, 0.05) is 20.3 Å². The zero-order valence-electron chi connectivity index (χ0n) is 11.5. The molecule has 1 N–H and O–H groups in total. The summed E-state index contributed by atoms with van der Waals surface area (Å²) < 4.78 is 3.80. The van der Waals surface area contributed by atoms with Crippen LogP contribution in [0.4, 0.5) is 0 Å². The first kappa shape index (κ1) is 12.8. The van der Waals surface area contributed by atoms with Crippen LogP contribution in [0.3, 0.4) is 0 Å². The van der Waals surface area contributed by atoms with Crippen LogP contribution in [0.2, 0.25) is 0 Å². The van der Waals surface area contributed by atoms with Crippen molar-refractivity contribution in [2.45, 2.75) is 25.8 Å². The standard InChI is InChI=1S/C13H21N5/c1-5-11-7-13(18(4)16-11)12(14-2)6-10-8-15-17(3)9-10/h7-9,12,14H,5-6H2,1-4H3. The Morgan fingerprint density at radius 3 is 2.67 bits per heavy atom. The molecule has 1 unspecified atom stereocenters. The molecule has 5 nitrogen and oxygen atoms in total. The lowest BCUT2D eigenvalue weighted by Gasteiger charge is -2.15. The monoisotopic (exact) mass is 247 g/mol. The van der Waals surface area contributed by atoms with Gasteiger partial charge in [-0.1, -0.05) is 6.92 Å². The lowest BCUT2D eigenvalue weighted by molar-refractivity contribution is 0.536. The summed E-state index contributed by atoms with van der Waals surface area (Å²) in [7, 11) is 5.93. The largest absolute Gasteiger partial charge is 0.311 e. The minimum absolute atomic E-state index is 0.270.